The molecule has 1 aliphatic rings. The highest BCUT2D eigenvalue weighted by molar-refractivity contribution is 6.42. The first-order valence-electron chi connectivity index (χ1n) is 8.46. The third kappa shape index (κ3) is 3.75. The predicted octanol–water partition coefficient (Wildman–Crippen LogP) is 5.74. The molecule has 0 bridgehead atoms. The number of halogens is 2. The number of carbonyl (C=O) groups is 1. The summed E-state index contributed by atoms with van der Waals surface area (Å²) in [6.45, 7) is 5.36. The SMILES string of the molecule is C=CC[C@]1(c2ccc(Cl)c(Cl)c2)CCCN(C(=O)c2ccccc2)C1. The van der Waals surface area contributed by atoms with E-state index in [1.54, 1.807) is 0 Å². The van der Waals surface area contributed by atoms with Crippen LogP contribution in [0, 0.1) is 0 Å². The monoisotopic (exact) mass is 373 g/mol. The van der Waals surface area contributed by atoms with Crippen molar-refractivity contribution in [3.05, 3.63) is 82.4 Å². The fourth-order valence-corrected chi connectivity index (χ4v) is 3.99. The molecule has 4 heteroatoms. The van der Waals surface area contributed by atoms with Gasteiger partial charge >= 0.3 is 0 Å². The van der Waals surface area contributed by atoms with Gasteiger partial charge in [0.05, 0.1) is 10.0 Å². The molecule has 2 aromatic rings. The lowest BCUT2D eigenvalue weighted by atomic mass is 9.71. The second kappa shape index (κ2) is 7.63. The van der Waals surface area contributed by atoms with Gasteiger partial charge in [-0.3, -0.25) is 4.79 Å². The van der Waals surface area contributed by atoms with E-state index in [0.29, 0.717) is 16.6 Å². The van der Waals surface area contributed by atoms with Gasteiger partial charge < -0.3 is 4.90 Å². The summed E-state index contributed by atoms with van der Waals surface area (Å²) in [6, 6.07) is 15.2. The Labute approximate surface area is 159 Å². The molecule has 1 fully saturated rings. The Kier molecular flexibility index (Phi) is 5.51. The highest BCUT2D eigenvalue weighted by Crippen LogP contribution is 2.40. The summed E-state index contributed by atoms with van der Waals surface area (Å²) in [4.78, 5) is 14.8. The second-order valence-corrected chi connectivity index (χ2v) is 7.41. The van der Waals surface area contributed by atoms with E-state index in [4.69, 9.17) is 23.2 Å². The molecule has 0 aromatic heterocycles. The Hall–Kier alpha value is -1.77. The van der Waals surface area contributed by atoms with Crippen LogP contribution < -0.4 is 0 Å². The normalized spacial score (nSPS) is 20.3. The summed E-state index contributed by atoms with van der Waals surface area (Å²) in [7, 11) is 0. The number of amides is 1. The van der Waals surface area contributed by atoms with Crippen LogP contribution in [0.25, 0.3) is 0 Å². The number of benzene rings is 2. The number of piperidine rings is 1. The van der Waals surface area contributed by atoms with Gasteiger partial charge in [-0.05, 0) is 49.1 Å². The van der Waals surface area contributed by atoms with Crippen molar-refractivity contribution < 1.29 is 4.79 Å². The maximum absolute atomic E-state index is 12.9. The fourth-order valence-electron chi connectivity index (χ4n) is 3.69. The fraction of sp³-hybridized carbons (Fsp3) is 0.286. The van der Waals surface area contributed by atoms with Crippen molar-refractivity contribution in [3.8, 4) is 0 Å². The minimum atomic E-state index is -0.168. The van der Waals surface area contributed by atoms with Crippen LogP contribution in [0.3, 0.4) is 0 Å². The van der Waals surface area contributed by atoms with Gasteiger partial charge in [-0.25, -0.2) is 0 Å². The van der Waals surface area contributed by atoms with Crippen LogP contribution in [0.2, 0.25) is 10.0 Å². The Morgan fingerprint density at radius 1 is 1.16 bits per heavy atom. The second-order valence-electron chi connectivity index (χ2n) is 6.60. The maximum Gasteiger partial charge on any atom is 0.253 e. The van der Waals surface area contributed by atoms with E-state index >= 15 is 0 Å². The van der Waals surface area contributed by atoms with Crippen molar-refractivity contribution in [3.63, 3.8) is 0 Å². The van der Waals surface area contributed by atoms with Gasteiger partial charge in [0.15, 0.2) is 0 Å². The maximum atomic E-state index is 12.9. The third-order valence-electron chi connectivity index (χ3n) is 4.95. The summed E-state index contributed by atoms with van der Waals surface area (Å²) >= 11 is 12.3. The first-order valence-corrected chi connectivity index (χ1v) is 9.22. The van der Waals surface area contributed by atoms with Crippen LogP contribution in [0.5, 0.6) is 0 Å². The molecule has 0 unspecified atom stereocenters. The lowest BCUT2D eigenvalue weighted by molar-refractivity contribution is 0.0638. The van der Waals surface area contributed by atoms with E-state index in [1.165, 1.54) is 0 Å². The molecule has 0 spiro atoms. The summed E-state index contributed by atoms with van der Waals surface area (Å²) in [5.41, 5.74) is 1.68. The number of allylic oxidation sites excluding steroid dienone is 1. The van der Waals surface area contributed by atoms with Crippen LogP contribution in [0.15, 0.2) is 61.2 Å². The molecule has 1 amide bonds. The number of carbonyl (C=O) groups excluding carboxylic acids is 1. The molecule has 1 atom stereocenters. The molecule has 0 radical (unpaired) electrons. The van der Waals surface area contributed by atoms with E-state index in [0.717, 1.165) is 36.9 Å². The molecule has 1 heterocycles. The van der Waals surface area contributed by atoms with E-state index in [-0.39, 0.29) is 11.3 Å². The van der Waals surface area contributed by atoms with Crippen LogP contribution in [0.1, 0.15) is 35.2 Å². The molecule has 130 valence electrons. The molecule has 0 N–H and O–H groups in total. The molecule has 0 aliphatic carbocycles. The van der Waals surface area contributed by atoms with E-state index in [1.807, 2.05) is 59.5 Å². The van der Waals surface area contributed by atoms with Crippen molar-refractivity contribution in [2.75, 3.05) is 13.1 Å². The Balaban J connectivity index is 1.92. The predicted molar refractivity (Wildman–Crippen MR) is 105 cm³/mol. The average molecular weight is 374 g/mol. The van der Waals surface area contributed by atoms with Crippen LogP contribution in [0.4, 0.5) is 0 Å². The molecular formula is C21H21Cl2NO. The highest BCUT2D eigenvalue weighted by atomic mass is 35.5. The van der Waals surface area contributed by atoms with Gasteiger partial charge in [0.2, 0.25) is 0 Å². The topological polar surface area (TPSA) is 20.3 Å². The number of hydrogen-bond acceptors (Lipinski definition) is 1. The van der Waals surface area contributed by atoms with Crippen LogP contribution in [-0.2, 0) is 5.41 Å². The number of rotatable bonds is 4. The van der Waals surface area contributed by atoms with Gasteiger partial charge in [-0.1, -0.05) is 53.5 Å². The standard InChI is InChI=1S/C21H21Cl2NO/c1-2-11-21(17-9-10-18(22)19(23)14-17)12-6-13-24(15-21)20(25)16-7-4-3-5-8-16/h2-5,7-10,14H,1,6,11-13,15H2/t21-/m0/s1. The molecular weight excluding hydrogens is 353 g/mol. The molecule has 1 saturated heterocycles. The minimum absolute atomic E-state index is 0.0776. The molecule has 3 rings (SSSR count). The smallest absolute Gasteiger partial charge is 0.253 e. The van der Waals surface area contributed by atoms with Crippen molar-refractivity contribution in [1.82, 2.24) is 4.90 Å². The van der Waals surface area contributed by atoms with E-state index in [9.17, 15) is 4.79 Å². The largest absolute Gasteiger partial charge is 0.338 e. The van der Waals surface area contributed by atoms with E-state index < -0.39 is 0 Å². The Morgan fingerprint density at radius 2 is 1.92 bits per heavy atom. The third-order valence-corrected chi connectivity index (χ3v) is 5.69. The zero-order valence-corrected chi connectivity index (χ0v) is 15.6. The quantitative estimate of drug-likeness (QED) is 0.625. The summed E-state index contributed by atoms with van der Waals surface area (Å²) in [5.74, 6) is 0.0776. The molecule has 25 heavy (non-hydrogen) atoms. The highest BCUT2D eigenvalue weighted by Gasteiger charge is 2.38. The summed E-state index contributed by atoms with van der Waals surface area (Å²) < 4.78 is 0. The van der Waals surface area contributed by atoms with Crippen molar-refractivity contribution in [2.24, 2.45) is 0 Å². The number of hydrogen-bond donors (Lipinski definition) is 0. The Morgan fingerprint density at radius 3 is 2.60 bits per heavy atom. The molecule has 1 aliphatic heterocycles. The zero-order valence-electron chi connectivity index (χ0n) is 14.1. The van der Waals surface area contributed by atoms with Gasteiger partial charge in [-0.2, -0.15) is 0 Å². The lowest BCUT2D eigenvalue weighted by Crippen LogP contribution is -2.48. The van der Waals surface area contributed by atoms with Gasteiger partial charge in [0.1, 0.15) is 0 Å². The van der Waals surface area contributed by atoms with Gasteiger partial charge in [0.25, 0.3) is 5.91 Å². The molecule has 2 aromatic carbocycles. The van der Waals surface area contributed by atoms with E-state index in [2.05, 4.69) is 6.58 Å². The summed E-state index contributed by atoms with van der Waals surface area (Å²) in [5, 5.41) is 1.10. The Bertz CT molecular complexity index is 775. The first-order chi connectivity index (χ1) is 12.1. The van der Waals surface area contributed by atoms with Crippen LogP contribution in [-0.4, -0.2) is 23.9 Å². The average Bonchev–Trinajstić information content (AvgIpc) is 2.64. The zero-order chi connectivity index (χ0) is 17.9. The van der Waals surface area contributed by atoms with Crippen molar-refractivity contribution in [2.45, 2.75) is 24.7 Å². The lowest BCUT2D eigenvalue weighted by Gasteiger charge is -2.43. The first kappa shape index (κ1) is 18.0. The van der Waals surface area contributed by atoms with Gasteiger partial charge in [-0.15, -0.1) is 6.58 Å². The number of likely N-dealkylation sites (tertiary alicyclic amines) is 1. The number of nitrogens with zero attached hydrogens (tertiary/aromatic N) is 1. The molecule has 0 saturated carbocycles. The molecule has 2 nitrogen and oxygen atoms in total. The van der Waals surface area contributed by atoms with Gasteiger partial charge in [0, 0.05) is 24.1 Å². The van der Waals surface area contributed by atoms with Crippen molar-refractivity contribution in [1.29, 1.82) is 0 Å². The minimum Gasteiger partial charge on any atom is -0.338 e. The van der Waals surface area contributed by atoms with Crippen molar-refractivity contribution >= 4 is 29.1 Å². The summed E-state index contributed by atoms with van der Waals surface area (Å²) in [6.07, 6.45) is 4.67. The van der Waals surface area contributed by atoms with Crippen LogP contribution >= 0.6 is 23.2 Å².